The molecule has 9 heterocycles. The van der Waals surface area contributed by atoms with Gasteiger partial charge >= 0.3 is 0 Å². The predicted molar refractivity (Wildman–Crippen MR) is 245 cm³/mol. The fourth-order valence-electron chi connectivity index (χ4n) is 10.6. The number of imide groups is 2. The third kappa shape index (κ3) is 7.55. The summed E-state index contributed by atoms with van der Waals surface area (Å²) < 4.78 is 7.74. The van der Waals surface area contributed by atoms with Gasteiger partial charge in [0.05, 0.1) is 41.5 Å². The fraction of sp³-hybridized carbons (Fsp3) is 0.435. The highest BCUT2D eigenvalue weighted by atomic mass is 16.5. The molecule has 346 valence electrons. The van der Waals surface area contributed by atoms with E-state index in [1.54, 1.807) is 16.8 Å². The lowest BCUT2D eigenvalue weighted by atomic mass is 9.72. The molecule has 0 aliphatic carbocycles. The van der Waals surface area contributed by atoms with Crippen LogP contribution in [0.25, 0.3) is 22.2 Å². The Morgan fingerprint density at radius 2 is 1.67 bits per heavy atom. The first-order valence-corrected chi connectivity index (χ1v) is 22.8. The number of piperazine rings is 1. The van der Waals surface area contributed by atoms with E-state index in [2.05, 4.69) is 62.0 Å². The number of allylic oxidation sites excluding steroid dienone is 1. The molecule has 5 amide bonds. The van der Waals surface area contributed by atoms with Crippen molar-refractivity contribution < 1.29 is 28.7 Å². The summed E-state index contributed by atoms with van der Waals surface area (Å²) >= 11 is 0. The topological polar surface area (TPSA) is 223 Å². The number of hydrogen-bond donors (Lipinski definition) is 3. The zero-order valence-corrected chi connectivity index (χ0v) is 37.6. The van der Waals surface area contributed by atoms with Gasteiger partial charge in [-0.1, -0.05) is 5.10 Å². The van der Waals surface area contributed by atoms with Crippen LogP contribution in [0.3, 0.4) is 0 Å². The van der Waals surface area contributed by atoms with Crippen molar-refractivity contribution in [1.29, 1.82) is 0 Å². The molecule has 4 fully saturated rings. The molecule has 0 bridgehead atoms. The van der Waals surface area contributed by atoms with E-state index in [0.29, 0.717) is 41.5 Å². The van der Waals surface area contributed by atoms with Crippen LogP contribution in [-0.2, 0) is 19.1 Å². The minimum Gasteiger partial charge on any atom is -0.379 e. The normalized spacial score (nSPS) is 21.8. The summed E-state index contributed by atoms with van der Waals surface area (Å²) in [6, 6.07) is 13.8. The molecule has 6 aliphatic rings. The maximum absolute atomic E-state index is 13.7. The molecule has 1 spiro atoms. The lowest BCUT2D eigenvalue weighted by Crippen LogP contribution is -2.72. The number of nitrogens with one attached hydrogen (secondary N) is 3. The number of H-pyrrole nitrogens is 1. The van der Waals surface area contributed by atoms with Crippen LogP contribution in [0.2, 0.25) is 0 Å². The monoisotopic (exact) mass is 909 g/mol. The van der Waals surface area contributed by atoms with Crippen molar-refractivity contribution in [2.45, 2.75) is 38.8 Å². The Labute approximate surface area is 385 Å². The molecule has 6 aliphatic heterocycles. The number of hydrogen-bond acceptors (Lipinski definition) is 16. The number of rotatable bonds is 12. The van der Waals surface area contributed by atoms with Crippen LogP contribution in [0.1, 0.15) is 53.4 Å². The second-order valence-electron chi connectivity index (χ2n) is 18.5. The van der Waals surface area contributed by atoms with Crippen LogP contribution in [-0.4, -0.2) is 171 Å². The third-order valence-corrected chi connectivity index (χ3v) is 14.3. The Morgan fingerprint density at radius 1 is 0.896 bits per heavy atom. The van der Waals surface area contributed by atoms with E-state index in [1.165, 1.54) is 0 Å². The van der Waals surface area contributed by atoms with Crippen LogP contribution in [0.4, 0.5) is 23.1 Å². The highest BCUT2D eigenvalue weighted by molar-refractivity contribution is 6.23. The number of nitrogens with zero attached hydrogens (tertiary/aromatic N) is 12. The Kier molecular flexibility index (Phi) is 10.6. The van der Waals surface area contributed by atoms with Gasteiger partial charge in [0.15, 0.2) is 0 Å². The first kappa shape index (κ1) is 42.5. The smallest absolute Gasteiger partial charge is 0.262 e. The molecule has 67 heavy (non-hydrogen) atoms. The SMILES string of the molecule is CC1=C(C(=O)Nc2ccc3[nH]nc(-c4ccnc(N5CCN(CCOCCN6CC7(C6)CN(c6ccc8c(c6)C(=O)N(C6CCC(=O)NC6=O)C8=O)C7)CC5)c4)c3c2)[C@@H](C)n2nnnc2N1C. The average molecular weight is 910 g/mol. The zero-order valence-electron chi connectivity index (χ0n) is 37.6. The lowest BCUT2D eigenvalue weighted by molar-refractivity contribution is -0.136. The summed E-state index contributed by atoms with van der Waals surface area (Å²) in [6.07, 6.45) is 2.05. The molecule has 21 nitrogen and oxygen atoms in total. The van der Waals surface area contributed by atoms with Crippen molar-refractivity contribution >= 4 is 63.6 Å². The van der Waals surface area contributed by atoms with Gasteiger partial charge in [0.1, 0.15) is 17.6 Å². The largest absolute Gasteiger partial charge is 0.379 e. The molecule has 0 saturated carbocycles. The number of carbonyl (C=O) groups is 5. The van der Waals surface area contributed by atoms with Crippen LogP contribution in [0.15, 0.2) is 66.0 Å². The Balaban J connectivity index is 0.612. The van der Waals surface area contributed by atoms with Gasteiger partial charge in [-0.3, -0.25) is 49.1 Å². The number of anilines is 4. The minimum absolute atomic E-state index is 0.0925. The molecule has 1 unspecified atom stereocenters. The average Bonchev–Trinajstić information content (AvgIpc) is 4.03. The van der Waals surface area contributed by atoms with Crippen molar-refractivity contribution in [1.82, 2.24) is 55.4 Å². The molecule has 0 radical (unpaired) electrons. The summed E-state index contributed by atoms with van der Waals surface area (Å²) in [5, 5.41) is 26.0. The summed E-state index contributed by atoms with van der Waals surface area (Å²) in [7, 11) is 1.84. The number of aromatic amines is 1. The molecule has 21 heteroatoms. The number of carbonyl (C=O) groups excluding carboxylic acids is 5. The van der Waals surface area contributed by atoms with Crippen LogP contribution in [0.5, 0.6) is 0 Å². The van der Waals surface area contributed by atoms with E-state index in [-0.39, 0.29) is 30.2 Å². The molecule has 3 N–H and O–H groups in total. The van der Waals surface area contributed by atoms with Gasteiger partial charge in [0.25, 0.3) is 17.7 Å². The van der Waals surface area contributed by atoms with Crippen molar-refractivity contribution in [3.8, 4) is 11.3 Å². The highest BCUT2D eigenvalue weighted by Crippen LogP contribution is 2.43. The van der Waals surface area contributed by atoms with Gasteiger partial charge in [0.2, 0.25) is 17.8 Å². The van der Waals surface area contributed by atoms with Crippen LogP contribution < -0.4 is 25.3 Å². The van der Waals surface area contributed by atoms with Gasteiger partial charge < -0.3 is 24.8 Å². The van der Waals surface area contributed by atoms with Crippen molar-refractivity contribution in [3.63, 3.8) is 0 Å². The van der Waals surface area contributed by atoms with Crippen LogP contribution >= 0.6 is 0 Å². The van der Waals surface area contributed by atoms with E-state index in [1.807, 2.05) is 62.3 Å². The van der Waals surface area contributed by atoms with Gasteiger partial charge in [0, 0.05) is 119 Å². The molecule has 3 aromatic heterocycles. The van der Waals surface area contributed by atoms with Crippen molar-refractivity contribution in [2.75, 3.05) is 106 Å². The number of piperidine rings is 1. The summed E-state index contributed by atoms with van der Waals surface area (Å²) in [5.41, 5.74) is 6.32. The Morgan fingerprint density at radius 3 is 2.46 bits per heavy atom. The maximum Gasteiger partial charge on any atom is 0.262 e. The Hall–Kier alpha value is -7.10. The van der Waals surface area contributed by atoms with E-state index >= 15 is 0 Å². The van der Waals surface area contributed by atoms with Crippen molar-refractivity contribution in [3.05, 3.63) is 77.1 Å². The number of ether oxygens (including phenoxy) is 1. The first-order valence-electron chi connectivity index (χ1n) is 22.8. The van der Waals surface area contributed by atoms with Gasteiger partial charge in [-0.2, -0.15) is 5.10 Å². The highest BCUT2D eigenvalue weighted by Gasteiger charge is 2.52. The number of benzene rings is 2. The van der Waals surface area contributed by atoms with Crippen LogP contribution in [0, 0.1) is 5.41 Å². The fourth-order valence-corrected chi connectivity index (χ4v) is 10.6. The number of tetrazole rings is 1. The molecular weight excluding hydrogens is 859 g/mol. The summed E-state index contributed by atoms with van der Waals surface area (Å²) in [5.74, 6) is -0.702. The molecular formula is C46H51N15O6. The van der Waals surface area contributed by atoms with Crippen molar-refractivity contribution in [2.24, 2.45) is 5.41 Å². The number of likely N-dealkylation sites (tertiary alicyclic amines) is 1. The quantitative estimate of drug-likeness (QED) is 0.120. The molecule has 2 atom stereocenters. The molecule has 4 saturated heterocycles. The molecule has 2 aromatic carbocycles. The van der Waals surface area contributed by atoms with E-state index in [0.717, 1.165) is 110 Å². The number of amides is 5. The third-order valence-electron chi connectivity index (χ3n) is 14.3. The predicted octanol–water partition coefficient (Wildman–Crippen LogP) is 1.90. The number of aromatic nitrogens is 7. The van der Waals surface area contributed by atoms with Gasteiger partial charge in [-0.15, -0.1) is 0 Å². The van der Waals surface area contributed by atoms with E-state index in [9.17, 15) is 24.0 Å². The minimum atomic E-state index is -0.971. The number of fused-ring (bicyclic) bond motifs is 3. The second-order valence-corrected chi connectivity index (χ2v) is 18.5. The zero-order chi connectivity index (χ0) is 46.1. The van der Waals surface area contributed by atoms with E-state index < -0.39 is 29.7 Å². The van der Waals surface area contributed by atoms with E-state index in [4.69, 9.17) is 9.72 Å². The standard InChI is InChI=1S/C46H51N15O6/c1-27-39(28(2)61-45(55(27)3)52-53-54-61)42(64)48-30-4-7-35-34(21-30)40(51-50-35)29-10-11-47-37(20-29)58-14-12-56(13-15-58)16-18-67-19-17-57-23-46(24-57)25-59(26-46)31-5-6-32-33(22-31)44(66)60(43(32)65)36-8-9-38(62)49-41(36)63/h4-7,10-11,20-22,28,36H,8-9,12-19,23-26H2,1-3H3,(H,48,64)(H,50,51)(H,49,62,63)/t28-,36?/m1/s1. The second kappa shape index (κ2) is 16.7. The van der Waals surface area contributed by atoms with Gasteiger partial charge in [-0.05, 0) is 79.2 Å². The number of pyridine rings is 1. The summed E-state index contributed by atoms with van der Waals surface area (Å²) in [6.45, 7) is 14.1. The molecule has 11 rings (SSSR count). The van der Waals surface area contributed by atoms with Gasteiger partial charge in [-0.25, -0.2) is 9.67 Å². The summed E-state index contributed by atoms with van der Waals surface area (Å²) in [4.78, 5) is 81.1. The maximum atomic E-state index is 13.7. The molecule has 5 aromatic rings. The first-order chi connectivity index (χ1) is 32.4. The lowest BCUT2D eigenvalue weighted by Gasteiger charge is -2.61. The Bertz CT molecular complexity index is 2870.